The van der Waals surface area contributed by atoms with Gasteiger partial charge in [-0.2, -0.15) is 0 Å². The summed E-state index contributed by atoms with van der Waals surface area (Å²) < 4.78 is 21.1. The summed E-state index contributed by atoms with van der Waals surface area (Å²) in [6.07, 6.45) is 8.42. The summed E-state index contributed by atoms with van der Waals surface area (Å²) in [7, 11) is 0. The highest BCUT2D eigenvalue weighted by Gasteiger charge is 2.28. The molecule has 29 heavy (non-hydrogen) atoms. The topological polar surface area (TPSA) is 49.4 Å². The van der Waals surface area contributed by atoms with Crippen molar-refractivity contribution in [3.05, 3.63) is 75.1 Å². The van der Waals surface area contributed by atoms with Gasteiger partial charge >= 0.3 is 0 Å². The van der Waals surface area contributed by atoms with E-state index in [0.29, 0.717) is 21.1 Å². The number of hydrogen-bond donors (Lipinski definition) is 0. The lowest BCUT2D eigenvalue weighted by Crippen LogP contribution is -2.33. The largest absolute Gasteiger partial charge is 0.452 e. The minimum atomic E-state index is -0.322. The molecule has 0 radical (unpaired) electrons. The Morgan fingerprint density at radius 1 is 1.24 bits per heavy atom. The molecule has 5 nitrogen and oxygen atoms in total. The van der Waals surface area contributed by atoms with Gasteiger partial charge in [-0.15, -0.1) is 0 Å². The number of imidazole rings is 1. The van der Waals surface area contributed by atoms with Crippen LogP contribution in [-0.4, -0.2) is 21.9 Å². The van der Waals surface area contributed by atoms with Crippen LogP contribution in [0, 0.1) is 0 Å². The van der Waals surface area contributed by atoms with Gasteiger partial charge in [0.25, 0.3) is 0 Å². The van der Waals surface area contributed by atoms with Gasteiger partial charge in [0.15, 0.2) is 11.0 Å². The van der Waals surface area contributed by atoms with Crippen LogP contribution in [0.1, 0.15) is 36.7 Å². The highest BCUT2D eigenvalue weighted by molar-refractivity contribution is 9.10. The molecule has 1 aliphatic rings. The van der Waals surface area contributed by atoms with Crippen LogP contribution < -0.4 is 0 Å². The maximum absolute atomic E-state index is 6.39. The molecule has 0 aliphatic carbocycles. The van der Waals surface area contributed by atoms with Crippen LogP contribution in [0.4, 0.5) is 0 Å². The fourth-order valence-corrected chi connectivity index (χ4v) is 4.32. The number of ether oxygens (including phenoxy) is 2. The van der Waals surface area contributed by atoms with Gasteiger partial charge in [0.05, 0.1) is 12.4 Å². The predicted octanol–water partition coefficient (Wildman–Crippen LogP) is 6.44. The number of furan rings is 1. The van der Waals surface area contributed by atoms with Crippen molar-refractivity contribution in [3.8, 4) is 0 Å². The highest BCUT2D eigenvalue weighted by Crippen LogP contribution is 2.33. The van der Waals surface area contributed by atoms with Crippen LogP contribution in [-0.2, 0) is 22.4 Å². The van der Waals surface area contributed by atoms with E-state index >= 15 is 0 Å². The Labute approximate surface area is 188 Å². The van der Waals surface area contributed by atoms with Crippen molar-refractivity contribution in [1.82, 2.24) is 9.55 Å². The highest BCUT2D eigenvalue weighted by atomic mass is 79.9. The first-order chi connectivity index (χ1) is 14.1. The maximum atomic E-state index is 6.39. The third kappa shape index (κ3) is 5.64. The van der Waals surface area contributed by atoms with E-state index in [9.17, 15) is 0 Å². The molecule has 0 N–H and O–H groups in total. The second-order valence-electron chi connectivity index (χ2n) is 7.08. The van der Waals surface area contributed by atoms with Crippen LogP contribution in [0.5, 0.6) is 0 Å². The smallest absolute Gasteiger partial charge is 0.169 e. The number of halogens is 3. The number of aromatic nitrogens is 2. The Morgan fingerprint density at radius 3 is 2.86 bits per heavy atom. The first-order valence-corrected chi connectivity index (χ1v) is 11.1. The third-order valence-electron chi connectivity index (χ3n) is 4.93. The summed E-state index contributed by atoms with van der Waals surface area (Å²) in [6.45, 7) is 0.764. The molecule has 0 spiro atoms. The van der Waals surface area contributed by atoms with Crippen molar-refractivity contribution in [3.63, 3.8) is 0 Å². The van der Waals surface area contributed by atoms with Crippen molar-refractivity contribution in [2.45, 2.75) is 50.7 Å². The molecule has 3 unspecified atom stereocenters. The monoisotopic (exact) mass is 498 g/mol. The normalized spacial score (nSPS) is 20.7. The lowest BCUT2D eigenvalue weighted by Gasteiger charge is -2.32. The van der Waals surface area contributed by atoms with Crippen LogP contribution >= 0.6 is 39.1 Å². The van der Waals surface area contributed by atoms with Gasteiger partial charge in [0.1, 0.15) is 11.9 Å². The van der Waals surface area contributed by atoms with Crippen molar-refractivity contribution < 1.29 is 13.9 Å². The van der Waals surface area contributed by atoms with Crippen molar-refractivity contribution in [2.24, 2.45) is 0 Å². The van der Waals surface area contributed by atoms with E-state index in [1.807, 2.05) is 35.0 Å². The van der Waals surface area contributed by atoms with Gasteiger partial charge in [-0.25, -0.2) is 4.98 Å². The molecule has 1 fully saturated rings. The van der Waals surface area contributed by atoms with Crippen molar-refractivity contribution in [1.29, 1.82) is 0 Å². The van der Waals surface area contributed by atoms with Crippen molar-refractivity contribution in [2.75, 3.05) is 0 Å². The third-order valence-corrected chi connectivity index (χ3v) is 5.94. The van der Waals surface area contributed by atoms with Crippen LogP contribution in [0.25, 0.3) is 0 Å². The molecular weight excluding hydrogens is 479 g/mol. The second kappa shape index (κ2) is 9.67. The zero-order valence-electron chi connectivity index (χ0n) is 15.6. The molecule has 8 heteroatoms. The SMILES string of the molecule is Clc1ccc(CC(OC2CCCC(Cn3ccnc3)O2)c2ccc(Br)o2)c(Cl)c1. The molecule has 1 aromatic carbocycles. The van der Waals surface area contributed by atoms with E-state index in [1.165, 1.54) is 0 Å². The summed E-state index contributed by atoms with van der Waals surface area (Å²) in [4.78, 5) is 4.10. The lowest BCUT2D eigenvalue weighted by atomic mass is 10.1. The molecule has 0 amide bonds. The molecule has 0 bridgehead atoms. The van der Waals surface area contributed by atoms with Crippen LogP contribution in [0.2, 0.25) is 10.0 Å². The number of benzene rings is 1. The maximum Gasteiger partial charge on any atom is 0.169 e. The second-order valence-corrected chi connectivity index (χ2v) is 8.71. The van der Waals surface area contributed by atoms with Gasteiger partial charge < -0.3 is 18.5 Å². The molecule has 3 heterocycles. The van der Waals surface area contributed by atoms with E-state index in [1.54, 1.807) is 18.6 Å². The van der Waals surface area contributed by atoms with Gasteiger partial charge in [0.2, 0.25) is 0 Å². The molecule has 2 aromatic heterocycles. The van der Waals surface area contributed by atoms with E-state index in [-0.39, 0.29) is 18.5 Å². The summed E-state index contributed by atoms with van der Waals surface area (Å²) >= 11 is 15.8. The number of hydrogen-bond acceptors (Lipinski definition) is 4. The molecule has 0 saturated carbocycles. The Balaban J connectivity index is 1.47. The van der Waals surface area contributed by atoms with Gasteiger partial charge in [-0.1, -0.05) is 29.3 Å². The number of nitrogens with zero attached hydrogens (tertiary/aromatic N) is 2. The molecule has 154 valence electrons. The summed E-state index contributed by atoms with van der Waals surface area (Å²) in [5, 5.41) is 1.22. The van der Waals surface area contributed by atoms with Gasteiger partial charge in [-0.05, 0) is 65.0 Å². The molecule has 3 atom stereocenters. The van der Waals surface area contributed by atoms with Crippen LogP contribution in [0.15, 0.2) is 58.1 Å². The van der Waals surface area contributed by atoms with Gasteiger partial charge in [-0.3, -0.25) is 0 Å². The fraction of sp³-hybridized carbons (Fsp3) is 0.381. The Hall–Kier alpha value is -1.31. The quantitative estimate of drug-likeness (QED) is 0.375. The van der Waals surface area contributed by atoms with Crippen molar-refractivity contribution >= 4 is 39.1 Å². The molecular formula is C21H21BrCl2N2O3. The fourth-order valence-electron chi connectivity index (χ4n) is 3.51. The average molecular weight is 500 g/mol. The minimum absolute atomic E-state index is 0.0889. The molecule has 4 rings (SSSR count). The zero-order valence-corrected chi connectivity index (χ0v) is 18.7. The molecule has 3 aromatic rings. The molecule has 1 aliphatic heterocycles. The Bertz CT molecular complexity index is 932. The summed E-state index contributed by atoms with van der Waals surface area (Å²) in [6, 6.07) is 9.26. The van der Waals surface area contributed by atoms with E-state index in [0.717, 1.165) is 37.1 Å². The van der Waals surface area contributed by atoms with E-state index < -0.39 is 0 Å². The Morgan fingerprint density at radius 2 is 2.14 bits per heavy atom. The standard InChI is InChI=1S/C21H21BrCl2N2O3/c22-20-7-6-18(28-20)19(10-14-4-5-15(23)11-17(14)24)29-21-3-1-2-16(27-21)12-26-9-8-25-13-26/h4-9,11,13,16,19,21H,1-3,10,12H2. The van der Waals surface area contributed by atoms with Crippen LogP contribution in [0.3, 0.4) is 0 Å². The lowest BCUT2D eigenvalue weighted by molar-refractivity contribution is -0.221. The summed E-state index contributed by atoms with van der Waals surface area (Å²) in [5.41, 5.74) is 0.944. The Kier molecular flexibility index (Phi) is 6.98. The van der Waals surface area contributed by atoms with Gasteiger partial charge in [0, 0.05) is 35.4 Å². The first-order valence-electron chi connectivity index (χ1n) is 9.52. The first kappa shape index (κ1) is 20.9. The summed E-state index contributed by atoms with van der Waals surface area (Å²) in [5.74, 6) is 0.725. The molecule has 1 saturated heterocycles. The predicted molar refractivity (Wildman–Crippen MR) is 115 cm³/mol. The average Bonchev–Trinajstić information content (AvgIpc) is 3.35. The minimum Gasteiger partial charge on any atom is -0.452 e. The van der Waals surface area contributed by atoms with E-state index in [2.05, 4.69) is 20.9 Å². The van der Waals surface area contributed by atoms with E-state index in [4.69, 9.17) is 37.1 Å². The number of rotatable bonds is 7. The zero-order chi connectivity index (χ0) is 20.2.